The summed E-state index contributed by atoms with van der Waals surface area (Å²) in [6.45, 7) is 6.27. The molecule has 1 aromatic carbocycles. The minimum absolute atomic E-state index is 0.224. The Kier molecular flexibility index (Phi) is 3.19. The van der Waals surface area contributed by atoms with Crippen LogP contribution in [0.5, 0.6) is 0 Å². The molecule has 0 radical (unpaired) electrons. The van der Waals surface area contributed by atoms with Gasteiger partial charge >= 0.3 is 0 Å². The Morgan fingerprint density at radius 3 is 2.28 bits per heavy atom. The Hall–Kier alpha value is -2.10. The summed E-state index contributed by atoms with van der Waals surface area (Å²) < 4.78 is 1.93. The van der Waals surface area contributed by atoms with Crippen molar-refractivity contribution in [2.75, 3.05) is 0 Å². The van der Waals surface area contributed by atoms with E-state index in [-0.39, 0.29) is 10.6 Å². The van der Waals surface area contributed by atoms with Crippen LogP contribution in [0.3, 0.4) is 0 Å². The summed E-state index contributed by atoms with van der Waals surface area (Å²) in [5.41, 5.74) is 4.00. The van der Waals surface area contributed by atoms with Crippen LogP contribution in [0, 0.1) is 30.9 Å². The zero-order valence-electron chi connectivity index (χ0n) is 10.8. The first-order valence-electron chi connectivity index (χ1n) is 5.85. The van der Waals surface area contributed by atoms with Crippen LogP contribution in [-0.4, -0.2) is 9.49 Å². The number of nitro groups is 1. The molecule has 0 unspecified atom stereocenters. The molecular formula is C14H16N2O2. The highest BCUT2D eigenvalue weighted by Gasteiger charge is 2.19. The SMILES string of the molecule is Cc1ccc(Cn2cc(C)c([N+](=O)[O-])c2C)cc1. The lowest BCUT2D eigenvalue weighted by atomic mass is 10.1. The minimum atomic E-state index is -0.309. The molecule has 0 aliphatic heterocycles. The molecule has 1 heterocycles. The van der Waals surface area contributed by atoms with E-state index in [1.165, 1.54) is 5.56 Å². The maximum absolute atomic E-state index is 10.9. The highest BCUT2D eigenvalue weighted by atomic mass is 16.6. The number of hydrogen-bond acceptors (Lipinski definition) is 2. The Bertz CT molecular complexity index is 583. The third kappa shape index (κ3) is 2.27. The summed E-state index contributed by atoms with van der Waals surface area (Å²) >= 11 is 0. The molecule has 0 saturated carbocycles. The van der Waals surface area contributed by atoms with Crippen LogP contribution in [0.15, 0.2) is 30.5 Å². The third-order valence-electron chi connectivity index (χ3n) is 3.15. The summed E-state index contributed by atoms with van der Waals surface area (Å²) in [6.07, 6.45) is 1.84. The molecule has 18 heavy (non-hydrogen) atoms. The molecule has 0 saturated heterocycles. The monoisotopic (exact) mass is 244 g/mol. The Balaban J connectivity index is 2.33. The smallest absolute Gasteiger partial charge is 0.292 e. The van der Waals surface area contributed by atoms with Crippen LogP contribution in [0.25, 0.3) is 0 Å². The molecule has 0 spiro atoms. The summed E-state index contributed by atoms with van der Waals surface area (Å²) in [4.78, 5) is 10.6. The van der Waals surface area contributed by atoms with Crippen molar-refractivity contribution in [3.63, 3.8) is 0 Å². The van der Waals surface area contributed by atoms with E-state index in [1.807, 2.05) is 17.7 Å². The third-order valence-corrected chi connectivity index (χ3v) is 3.15. The number of rotatable bonds is 3. The zero-order valence-corrected chi connectivity index (χ0v) is 10.8. The van der Waals surface area contributed by atoms with E-state index < -0.39 is 0 Å². The summed E-state index contributed by atoms with van der Waals surface area (Å²) in [5.74, 6) is 0. The topological polar surface area (TPSA) is 48.1 Å². The predicted molar refractivity (Wildman–Crippen MR) is 70.8 cm³/mol. The summed E-state index contributed by atoms with van der Waals surface area (Å²) in [5, 5.41) is 10.9. The first-order chi connectivity index (χ1) is 8.49. The van der Waals surface area contributed by atoms with E-state index in [0.29, 0.717) is 17.8 Å². The fraction of sp³-hybridized carbons (Fsp3) is 0.286. The van der Waals surface area contributed by atoms with Crippen LogP contribution in [-0.2, 0) is 6.54 Å². The molecule has 1 aromatic heterocycles. The first kappa shape index (κ1) is 12.4. The van der Waals surface area contributed by atoms with E-state index in [1.54, 1.807) is 13.8 Å². The lowest BCUT2D eigenvalue weighted by Gasteiger charge is -2.06. The van der Waals surface area contributed by atoms with Gasteiger partial charge < -0.3 is 4.57 Å². The molecule has 0 N–H and O–H groups in total. The van der Waals surface area contributed by atoms with Crippen molar-refractivity contribution >= 4 is 5.69 Å². The van der Waals surface area contributed by atoms with Gasteiger partial charge in [-0.2, -0.15) is 0 Å². The maximum atomic E-state index is 10.9. The highest BCUT2D eigenvalue weighted by molar-refractivity contribution is 5.44. The number of benzene rings is 1. The molecule has 0 fully saturated rings. The van der Waals surface area contributed by atoms with E-state index in [4.69, 9.17) is 0 Å². The molecule has 2 rings (SSSR count). The second-order valence-corrected chi connectivity index (χ2v) is 4.62. The normalized spacial score (nSPS) is 10.6. The van der Waals surface area contributed by atoms with E-state index in [2.05, 4.69) is 24.3 Å². The van der Waals surface area contributed by atoms with Crippen molar-refractivity contribution in [1.82, 2.24) is 4.57 Å². The predicted octanol–water partition coefficient (Wildman–Crippen LogP) is 3.37. The molecule has 0 bridgehead atoms. The van der Waals surface area contributed by atoms with Crippen LogP contribution in [0.1, 0.15) is 22.4 Å². The van der Waals surface area contributed by atoms with Crippen molar-refractivity contribution in [2.24, 2.45) is 0 Å². The fourth-order valence-corrected chi connectivity index (χ4v) is 2.14. The van der Waals surface area contributed by atoms with Crippen LogP contribution < -0.4 is 0 Å². The maximum Gasteiger partial charge on any atom is 0.292 e. The molecule has 0 aliphatic carbocycles. The van der Waals surface area contributed by atoms with Crippen molar-refractivity contribution < 1.29 is 4.92 Å². The summed E-state index contributed by atoms with van der Waals surface area (Å²) in [6, 6.07) is 8.21. The Morgan fingerprint density at radius 1 is 1.17 bits per heavy atom. The van der Waals surface area contributed by atoms with Crippen molar-refractivity contribution in [1.29, 1.82) is 0 Å². The quantitative estimate of drug-likeness (QED) is 0.614. The Labute approximate surface area is 106 Å². The van der Waals surface area contributed by atoms with Gasteiger partial charge in [-0.3, -0.25) is 10.1 Å². The molecular weight excluding hydrogens is 228 g/mol. The van der Waals surface area contributed by atoms with Gasteiger partial charge in [-0.25, -0.2) is 0 Å². The fourth-order valence-electron chi connectivity index (χ4n) is 2.14. The molecule has 4 heteroatoms. The van der Waals surface area contributed by atoms with Gasteiger partial charge in [-0.15, -0.1) is 0 Å². The van der Waals surface area contributed by atoms with Gasteiger partial charge in [-0.05, 0) is 26.3 Å². The van der Waals surface area contributed by atoms with E-state index in [0.717, 1.165) is 5.56 Å². The Morgan fingerprint density at radius 2 is 1.78 bits per heavy atom. The van der Waals surface area contributed by atoms with Gasteiger partial charge in [0.15, 0.2) is 0 Å². The highest BCUT2D eigenvalue weighted by Crippen LogP contribution is 2.25. The van der Waals surface area contributed by atoms with Gasteiger partial charge in [0.2, 0.25) is 0 Å². The van der Waals surface area contributed by atoms with Gasteiger partial charge in [0.05, 0.1) is 10.6 Å². The van der Waals surface area contributed by atoms with Gasteiger partial charge in [0.1, 0.15) is 0 Å². The number of aryl methyl sites for hydroxylation is 2. The average molecular weight is 244 g/mol. The minimum Gasteiger partial charge on any atom is -0.341 e. The zero-order chi connectivity index (χ0) is 13.3. The summed E-state index contributed by atoms with van der Waals surface area (Å²) in [7, 11) is 0. The second kappa shape index (κ2) is 4.64. The largest absolute Gasteiger partial charge is 0.341 e. The van der Waals surface area contributed by atoms with Gasteiger partial charge in [0.25, 0.3) is 5.69 Å². The van der Waals surface area contributed by atoms with Crippen molar-refractivity contribution in [3.8, 4) is 0 Å². The van der Waals surface area contributed by atoms with Gasteiger partial charge in [-0.1, -0.05) is 29.8 Å². The van der Waals surface area contributed by atoms with E-state index >= 15 is 0 Å². The first-order valence-corrected chi connectivity index (χ1v) is 5.85. The van der Waals surface area contributed by atoms with Crippen molar-refractivity contribution in [2.45, 2.75) is 27.3 Å². The lowest BCUT2D eigenvalue weighted by molar-refractivity contribution is -0.386. The van der Waals surface area contributed by atoms with Crippen molar-refractivity contribution in [3.05, 3.63) is 63.0 Å². The van der Waals surface area contributed by atoms with E-state index in [9.17, 15) is 10.1 Å². The average Bonchev–Trinajstić information content (AvgIpc) is 2.57. The molecule has 0 atom stereocenters. The second-order valence-electron chi connectivity index (χ2n) is 4.62. The molecule has 2 aromatic rings. The lowest BCUT2D eigenvalue weighted by Crippen LogP contribution is -2.01. The van der Waals surface area contributed by atoms with Crippen LogP contribution >= 0.6 is 0 Å². The molecule has 0 amide bonds. The molecule has 4 nitrogen and oxygen atoms in total. The van der Waals surface area contributed by atoms with Gasteiger partial charge in [0, 0.05) is 18.3 Å². The molecule has 0 aliphatic rings. The standard InChI is InChI=1S/C14H16N2O2/c1-10-4-6-13(7-5-10)9-15-8-11(2)14(12(15)3)16(17)18/h4-8H,9H2,1-3H3. The van der Waals surface area contributed by atoms with Crippen LogP contribution in [0.2, 0.25) is 0 Å². The molecule has 94 valence electrons. The van der Waals surface area contributed by atoms with Crippen LogP contribution in [0.4, 0.5) is 5.69 Å². The number of hydrogen-bond donors (Lipinski definition) is 0. The number of aromatic nitrogens is 1. The number of nitrogens with zero attached hydrogens (tertiary/aromatic N) is 2.